The molecular weight excluding hydrogens is 262 g/mol. The van der Waals surface area contributed by atoms with Gasteiger partial charge in [0.1, 0.15) is 0 Å². The minimum Gasteiger partial charge on any atom is -0.261 e. The summed E-state index contributed by atoms with van der Waals surface area (Å²) in [5, 5.41) is 8.77. The molecule has 19 heavy (non-hydrogen) atoms. The molecule has 1 rings (SSSR count). The molecule has 0 amide bonds. The van der Waals surface area contributed by atoms with Crippen LogP contribution in [0.25, 0.3) is 0 Å². The molecule has 0 saturated carbocycles. The topological polar surface area (TPSA) is 74.1 Å². The van der Waals surface area contributed by atoms with Gasteiger partial charge in [-0.1, -0.05) is 13.0 Å². The van der Waals surface area contributed by atoms with E-state index in [-0.39, 0.29) is 18.2 Å². The van der Waals surface area contributed by atoms with E-state index in [1.54, 1.807) is 26.1 Å². The Kier molecular flexibility index (Phi) is 5.93. The number of hydrogen-bond acceptors (Lipinski definition) is 4. The number of sulfonamides is 1. The molecule has 6 heteroatoms. The number of rotatable bonds is 7. The molecule has 1 aromatic rings. The van der Waals surface area contributed by atoms with E-state index in [9.17, 15) is 8.42 Å². The summed E-state index contributed by atoms with van der Waals surface area (Å²) < 4.78 is 25.7. The zero-order valence-corrected chi connectivity index (χ0v) is 12.1. The van der Waals surface area contributed by atoms with Crippen LogP contribution in [-0.4, -0.2) is 36.5 Å². The van der Waals surface area contributed by atoms with Crippen LogP contribution in [0.4, 0.5) is 0 Å². The lowest BCUT2D eigenvalue weighted by atomic mass is 10.2. The Morgan fingerprint density at radius 1 is 1.47 bits per heavy atom. The quantitative estimate of drug-likeness (QED) is 0.758. The molecule has 1 heterocycles. The van der Waals surface area contributed by atoms with E-state index in [0.717, 1.165) is 5.69 Å². The van der Waals surface area contributed by atoms with Gasteiger partial charge < -0.3 is 0 Å². The number of nitrogens with zero attached hydrogens (tertiary/aromatic N) is 3. The van der Waals surface area contributed by atoms with Crippen LogP contribution in [0.1, 0.15) is 19.5 Å². The molecule has 0 aliphatic carbocycles. The van der Waals surface area contributed by atoms with Crippen molar-refractivity contribution < 1.29 is 8.42 Å². The smallest absolute Gasteiger partial charge is 0.214 e. The molecule has 0 aliphatic heterocycles. The van der Waals surface area contributed by atoms with Crippen LogP contribution in [0.3, 0.4) is 0 Å². The van der Waals surface area contributed by atoms with Crippen molar-refractivity contribution >= 4 is 10.0 Å². The van der Waals surface area contributed by atoms with E-state index in [1.807, 2.05) is 12.1 Å². The number of nitriles is 1. The highest BCUT2D eigenvalue weighted by molar-refractivity contribution is 7.89. The first-order valence-corrected chi connectivity index (χ1v) is 7.88. The van der Waals surface area contributed by atoms with Gasteiger partial charge >= 0.3 is 0 Å². The van der Waals surface area contributed by atoms with Gasteiger partial charge in [-0.05, 0) is 19.1 Å². The van der Waals surface area contributed by atoms with Crippen molar-refractivity contribution in [2.45, 2.75) is 20.3 Å². The van der Waals surface area contributed by atoms with E-state index in [4.69, 9.17) is 5.26 Å². The molecule has 0 N–H and O–H groups in total. The Morgan fingerprint density at radius 2 is 2.21 bits per heavy atom. The zero-order valence-electron chi connectivity index (χ0n) is 11.3. The summed E-state index contributed by atoms with van der Waals surface area (Å²) in [6, 6.07) is 7.50. The molecule has 0 aliphatic rings. The van der Waals surface area contributed by atoms with Crippen molar-refractivity contribution in [3.63, 3.8) is 0 Å². The highest BCUT2D eigenvalue weighted by Crippen LogP contribution is 2.08. The lowest BCUT2D eigenvalue weighted by Crippen LogP contribution is -2.36. The molecule has 0 aromatic carbocycles. The molecule has 1 atom stereocenters. The fourth-order valence-corrected chi connectivity index (χ4v) is 3.26. The third-order valence-corrected chi connectivity index (χ3v) is 4.70. The van der Waals surface area contributed by atoms with Gasteiger partial charge in [-0.15, -0.1) is 0 Å². The maximum atomic E-state index is 12.2. The van der Waals surface area contributed by atoms with E-state index in [1.165, 1.54) is 4.31 Å². The molecule has 104 valence electrons. The Labute approximate surface area is 114 Å². The van der Waals surface area contributed by atoms with Crippen molar-refractivity contribution in [2.24, 2.45) is 5.92 Å². The zero-order chi connectivity index (χ0) is 14.3. The maximum Gasteiger partial charge on any atom is 0.214 e. The molecule has 0 radical (unpaired) electrons. The summed E-state index contributed by atoms with van der Waals surface area (Å²) in [4.78, 5) is 4.11. The van der Waals surface area contributed by atoms with Crippen molar-refractivity contribution in [3.8, 4) is 6.07 Å². The monoisotopic (exact) mass is 281 g/mol. The number of hydrogen-bond donors (Lipinski definition) is 0. The maximum absolute atomic E-state index is 12.2. The number of pyridine rings is 1. The van der Waals surface area contributed by atoms with E-state index >= 15 is 0 Å². The average Bonchev–Trinajstić information content (AvgIpc) is 2.43. The lowest BCUT2D eigenvalue weighted by molar-refractivity contribution is 0.399. The predicted molar refractivity (Wildman–Crippen MR) is 73.8 cm³/mol. The average molecular weight is 281 g/mol. The Balaban J connectivity index is 2.66. The molecular formula is C13H19N3O2S. The molecule has 0 saturated heterocycles. The standard InChI is InChI=1S/C13H19N3O2S/c1-3-16(11-12(2)10-14)19(17,18)9-7-13-6-4-5-8-15-13/h4-6,8,12H,3,7,9,11H2,1-2H3. The van der Waals surface area contributed by atoms with Gasteiger partial charge in [-0.2, -0.15) is 5.26 Å². The van der Waals surface area contributed by atoms with Crippen LogP contribution in [0, 0.1) is 17.2 Å². The van der Waals surface area contributed by atoms with Crippen molar-refractivity contribution in [1.29, 1.82) is 5.26 Å². The predicted octanol–water partition coefficient (Wildman–Crippen LogP) is 1.44. The first kappa shape index (κ1) is 15.6. The summed E-state index contributed by atoms with van der Waals surface area (Å²) in [6.45, 7) is 4.13. The van der Waals surface area contributed by atoms with Crippen LogP contribution in [-0.2, 0) is 16.4 Å². The molecule has 0 fully saturated rings. The Morgan fingerprint density at radius 3 is 2.74 bits per heavy atom. The summed E-state index contributed by atoms with van der Waals surface area (Å²) in [5.74, 6) is -0.278. The van der Waals surface area contributed by atoms with Crippen molar-refractivity contribution in [1.82, 2.24) is 9.29 Å². The molecule has 1 aromatic heterocycles. The Hall–Kier alpha value is -1.45. The van der Waals surface area contributed by atoms with Crippen LogP contribution in [0.15, 0.2) is 24.4 Å². The highest BCUT2D eigenvalue weighted by Gasteiger charge is 2.22. The second-order valence-electron chi connectivity index (χ2n) is 4.37. The third-order valence-electron chi connectivity index (χ3n) is 2.79. The van der Waals surface area contributed by atoms with Crippen LogP contribution in [0.5, 0.6) is 0 Å². The second kappa shape index (κ2) is 7.22. The van der Waals surface area contributed by atoms with Crippen molar-refractivity contribution in [2.75, 3.05) is 18.8 Å². The van der Waals surface area contributed by atoms with Gasteiger partial charge in [0.15, 0.2) is 0 Å². The van der Waals surface area contributed by atoms with Crippen LogP contribution < -0.4 is 0 Å². The number of aromatic nitrogens is 1. The van der Waals surface area contributed by atoms with E-state index in [0.29, 0.717) is 13.0 Å². The number of aryl methyl sites for hydroxylation is 1. The fourth-order valence-electron chi connectivity index (χ4n) is 1.69. The lowest BCUT2D eigenvalue weighted by Gasteiger charge is -2.21. The normalized spacial score (nSPS) is 13.2. The third kappa shape index (κ3) is 4.97. The first-order chi connectivity index (χ1) is 8.99. The minimum atomic E-state index is -3.33. The van der Waals surface area contributed by atoms with E-state index in [2.05, 4.69) is 11.1 Å². The summed E-state index contributed by atoms with van der Waals surface area (Å²) in [6.07, 6.45) is 2.04. The Bertz CT molecular complexity index is 523. The van der Waals surface area contributed by atoms with Gasteiger partial charge in [0.2, 0.25) is 10.0 Å². The summed E-state index contributed by atoms with van der Waals surface area (Å²) >= 11 is 0. The fraction of sp³-hybridized carbons (Fsp3) is 0.538. The summed E-state index contributed by atoms with van der Waals surface area (Å²) in [7, 11) is -3.33. The largest absolute Gasteiger partial charge is 0.261 e. The molecule has 5 nitrogen and oxygen atoms in total. The van der Waals surface area contributed by atoms with Gasteiger partial charge in [0.05, 0.1) is 17.7 Å². The van der Waals surface area contributed by atoms with Crippen LogP contribution in [0.2, 0.25) is 0 Å². The van der Waals surface area contributed by atoms with Gasteiger partial charge in [-0.25, -0.2) is 12.7 Å². The summed E-state index contributed by atoms with van der Waals surface area (Å²) in [5.41, 5.74) is 0.760. The van der Waals surface area contributed by atoms with Gasteiger partial charge in [0.25, 0.3) is 0 Å². The molecule has 0 bridgehead atoms. The SMILES string of the molecule is CCN(CC(C)C#N)S(=O)(=O)CCc1ccccn1. The van der Waals surface area contributed by atoms with Gasteiger partial charge in [-0.3, -0.25) is 4.98 Å². The first-order valence-electron chi connectivity index (χ1n) is 6.27. The second-order valence-corrected chi connectivity index (χ2v) is 6.46. The van der Waals surface area contributed by atoms with Gasteiger partial charge in [0, 0.05) is 31.4 Å². The van der Waals surface area contributed by atoms with Crippen LogP contribution >= 0.6 is 0 Å². The van der Waals surface area contributed by atoms with Crippen molar-refractivity contribution in [3.05, 3.63) is 30.1 Å². The molecule has 1 unspecified atom stereocenters. The highest BCUT2D eigenvalue weighted by atomic mass is 32.2. The minimum absolute atomic E-state index is 0.0238. The van der Waals surface area contributed by atoms with E-state index < -0.39 is 10.0 Å². The molecule has 0 spiro atoms.